The van der Waals surface area contributed by atoms with Gasteiger partial charge in [-0.15, -0.1) is 0 Å². The Balaban J connectivity index is 1.57. The van der Waals surface area contributed by atoms with E-state index >= 15 is 0 Å². The third-order valence-corrected chi connectivity index (χ3v) is 5.21. The minimum absolute atomic E-state index is 0.213. The van der Waals surface area contributed by atoms with Gasteiger partial charge in [0.2, 0.25) is 5.91 Å². The smallest absolute Gasteiger partial charge is 0.247 e. The summed E-state index contributed by atoms with van der Waals surface area (Å²) in [5, 5.41) is 4.76. The van der Waals surface area contributed by atoms with E-state index in [2.05, 4.69) is 10.1 Å². The molecule has 0 aliphatic rings. The molecular formula is C24H20ClFN4O2. The van der Waals surface area contributed by atoms with Crippen LogP contribution < -0.4 is 0 Å². The first kappa shape index (κ1) is 21.5. The molecule has 6 nitrogen and oxygen atoms in total. The molecule has 8 heteroatoms. The van der Waals surface area contributed by atoms with E-state index in [0.29, 0.717) is 40.9 Å². The van der Waals surface area contributed by atoms with Crippen LogP contribution in [0.1, 0.15) is 22.6 Å². The summed E-state index contributed by atoms with van der Waals surface area (Å²) in [7, 11) is 0. The lowest BCUT2D eigenvalue weighted by Gasteiger charge is -2.20. The average Bonchev–Trinajstić information content (AvgIpc) is 3.41. The maximum Gasteiger partial charge on any atom is 0.247 e. The van der Waals surface area contributed by atoms with Crippen LogP contribution in [0.25, 0.3) is 11.8 Å². The summed E-state index contributed by atoms with van der Waals surface area (Å²) < 4.78 is 20.2. The molecule has 0 radical (unpaired) electrons. The molecule has 0 unspecified atom stereocenters. The highest BCUT2D eigenvalue weighted by Gasteiger charge is 2.16. The van der Waals surface area contributed by atoms with Crippen molar-refractivity contribution in [2.45, 2.75) is 20.0 Å². The molecule has 0 aliphatic carbocycles. The van der Waals surface area contributed by atoms with Crippen molar-refractivity contribution in [1.29, 1.82) is 0 Å². The van der Waals surface area contributed by atoms with Gasteiger partial charge in [-0.25, -0.2) is 9.07 Å². The number of hydrogen-bond donors (Lipinski definition) is 0. The topological polar surface area (TPSA) is 64.2 Å². The van der Waals surface area contributed by atoms with Crippen LogP contribution >= 0.6 is 11.6 Å². The standard InChI is InChI=1S/C24H20ClFN4O2/c1-17-22(24(25)30(28-17)20-8-6-19(26)7-9-20)10-11-23(31)29(16-21-5-3-13-32-21)15-18-4-2-12-27-14-18/h2-14H,15-16H2,1H3/b11-10+. The summed E-state index contributed by atoms with van der Waals surface area (Å²) in [6.45, 7) is 2.48. The zero-order valence-corrected chi connectivity index (χ0v) is 18.0. The van der Waals surface area contributed by atoms with E-state index in [1.54, 1.807) is 54.8 Å². The molecule has 0 bridgehead atoms. The van der Waals surface area contributed by atoms with Gasteiger partial charge in [0, 0.05) is 30.6 Å². The Kier molecular flexibility index (Phi) is 6.47. The highest BCUT2D eigenvalue weighted by atomic mass is 35.5. The van der Waals surface area contributed by atoms with Gasteiger partial charge in [0.15, 0.2) is 0 Å². The molecule has 0 atom stereocenters. The number of benzene rings is 1. The summed E-state index contributed by atoms with van der Waals surface area (Å²) in [4.78, 5) is 18.8. The highest BCUT2D eigenvalue weighted by Crippen LogP contribution is 2.25. The molecule has 0 saturated carbocycles. The van der Waals surface area contributed by atoms with Crippen molar-refractivity contribution in [3.63, 3.8) is 0 Å². The maximum atomic E-state index is 13.2. The van der Waals surface area contributed by atoms with Crippen LogP contribution in [-0.4, -0.2) is 25.6 Å². The first-order chi connectivity index (χ1) is 15.5. The highest BCUT2D eigenvalue weighted by molar-refractivity contribution is 6.31. The van der Waals surface area contributed by atoms with Gasteiger partial charge in [-0.05, 0) is 61.0 Å². The fourth-order valence-corrected chi connectivity index (χ4v) is 3.56. The normalized spacial score (nSPS) is 11.2. The average molecular weight is 451 g/mol. The van der Waals surface area contributed by atoms with Crippen LogP contribution in [0.15, 0.2) is 77.7 Å². The number of carbonyl (C=O) groups excluding carboxylic acids is 1. The Morgan fingerprint density at radius 2 is 2.00 bits per heavy atom. The molecule has 162 valence electrons. The number of hydrogen-bond acceptors (Lipinski definition) is 4. The molecule has 3 aromatic heterocycles. The number of furan rings is 1. The fraction of sp³-hybridized carbons (Fsp3) is 0.125. The summed E-state index contributed by atoms with van der Waals surface area (Å²) >= 11 is 6.52. The van der Waals surface area contributed by atoms with Crippen LogP contribution in [0.2, 0.25) is 5.15 Å². The van der Waals surface area contributed by atoms with Crippen molar-refractivity contribution in [3.05, 3.63) is 107 Å². The molecule has 0 saturated heterocycles. The number of nitrogens with zero attached hydrogens (tertiary/aromatic N) is 4. The van der Waals surface area contributed by atoms with Crippen LogP contribution in [0.3, 0.4) is 0 Å². The number of aromatic nitrogens is 3. The summed E-state index contributed by atoms with van der Waals surface area (Å²) in [5.74, 6) is 0.119. The Morgan fingerprint density at radius 3 is 2.69 bits per heavy atom. The molecule has 4 rings (SSSR count). The second-order valence-corrected chi connectivity index (χ2v) is 7.50. The minimum atomic E-state index is -0.343. The first-order valence-corrected chi connectivity index (χ1v) is 10.3. The number of pyridine rings is 1. The summed E-state index contributed by atoms with van der Waals surface area (Å²) in [5.41, 5.74) is 2.79. The number of rotatable bonds is 7. The van der Waals surface area contributed by atoms with Crippen LogP contribution in [0.4, 0.5) is 4.39 Å². The molecule has 1 aromatic carbocycles. The first-order valence-electron chi connectivity index (χ1n) is 9.90. The van der Waals surface area contributed by atoms with Crippen LogP contribution in [0.5, 0.6) is 0 Å². The van der Waals surface area contributed by atoms with E-state index in [-0.39, 0.29) is 11.7 Å². The minimum Gasteiger partial charge on any atom is -0.467 e. The van der Waals surface area contributed by atoms with Crippen molar-refractivity contribution >= 4 is 23.6 Å². The van der Waals surface area contributed by atoms with Crippen molar-refractivity contribution in [3.8, 4) is 5.69 Å². The molecule has 0 fully saturated rings. The quantitative estimate of drug-likeness (QED) is 0.363. The zero-order chi connectivity index (χ0) is 22.5. The number of halogens is 2. The predicted octanol–water partition coefficient (Wildman–Crippen LogP) is 5.20. The lowest BCUT2D eigenvalue weighted by Crippen LogP contribution is -2.28. The van der Waals surface area contributed by atoms with E-state index in [4.69, 9.17) is 16.0 Å². The molecule has 3 heterocycles. The number of carbonyl (C=O) groups is 1. The van der Waals surface area contributed by atoms with Gasteiger partial charge in [-0.3, -0.25) is 9.78 Å². The zero-order valence-electron chi connectivity index (χ0n) is 17.3. The Hall–Kier alpha value is -3.71. The van der Waals surface area contributed by atoms with Crippen molar-refractivity contribution in [1.82, 2.24) is 19.7 Å². The molecule has 1 amide bonds. The molecule has 32 heavy (non-hydrogen) atoms. The van der Waals surface area contributed by atoms with Crippen molar-refractivity contribution in [2.24, 2.45) is 0 Å². The second-order valence-electron chi connectivity index (χ2n) is 7.15. The van der Waals surface area contributed by atoms with Crippen LogP contribution in [0, 0.1) is 12.7 Å². The lowest BCUT2D eigenvalue weighted by molar-refractivity contribution is -0.127. The largest absolute Gasteiger partial charge is 0.467 e. The molecule has 4 aromatic rings. The second kappa shape index (κ2) is 9.62. The lowest BCUT2D eigenvalue weighted by atomic mass is 10.2. The van der Waals surface area contributed by atoms with E-state index in [1.807, 2.05) is 18.2 Å². The van der Waals surface area contributed by atoms with Gasteiger partial charge < -0.3 is 9.32 Å². The monoisotopic (exact) mass is 450 g/mol. The molecule has 0 N–H and O–H groups in total. The maximum absolute atomic E-state index is 13.2. The third kappa shape index (κ3) is 4.95. The van der Waals surface area contributed by atoms with Gasteiger partial charge in [0.05, 0.1) is 24.2 Å². The number of aryl methyl sites for hydroxylation is 1. The fourth-order valence-electron chi connectivity index (χ4n) is 3.23. The predicted molar refractivity (Wildman–Crippen MR) is 120 cm³/mol. The van der Waals surface area contributed by atoms with Crippen molar-refractivity contribution in [2.75, 3.05) is 0 Å². The SMILES string of the molecule is Cc1nn(-c2ccc(F)cc2)c(Cl)c1/C=C/C(=O)N(Cc1cccnc1)Cc1ccco1. The van der Waals surface area contributed by atoms with E-state index in [0.717, 1.165) is 5.56 Å². The van der Waals surface area contributed by atoms with E-state index in [1.165, 1.54) is 22.9 Å². The van der Waals surface area contributed by atoms with Gasteiger partial charge >= 0.3 is 0 Å². The van der Waals surface area contributed by atoms with E-state index in [9.17, 15) is 9.18 Å². The van der Waals surface area contributed by atoms with Crippen molar-refractivity contribution < 1.29 is 13.6 Å². The molecule has 0 spiro atoms. The molecule has 0 aliphatic heterocycles. The van der Waals surface area contributed by atoms with E-state index < -0.39 is 0 Å². The molecular weight excluding hydrogens is 431 g/mol. The summed E-state index contributed by atoms with van der Waals surface area (Å²) in [6.07, 6.45) is 8.09. The Morgan fingerprint density at radius 1 is 1.19 bits per heavy atom. The van der Waals surface area contributed by atoms with Gasteiger partial charge in [-0.1, -0.05) is 17.7 Å². The number of amides is 1. The Labute approximate surface area is 189 Å². The van der Waals surface area contributed by atoms with Gasteiger partial charge in [0.1, 0.15) is 16.7 Å². The van der Waals surface area contributed by atoms with Gasteiger partial charge in [-0.2, -0.15) is 5.10 Å². The van der Waals surface area contributed by atoms with Gasteiger partial charge in [0.25, 0.3) is 0 Å². The third-order valence-electron chi connectivity index (χ3n) is 4.85. The van der Waals surface area contributed by atoms with Crippen LogP contribution in [-0.2, 0) is 17.9 Å². The Bertz CT molecular complexity index is 1220. The summed E-state index contributed by atoms with van der Waals surface area (Å²) in [6, 6.07) is 13.2.